The van der Waals surface area contributed by atoms with Gasteiger partial charge in [-0.1, -0.05) is 12.8 Å². The number of aliphatic hydroxyl groups excluding tert-OH is 1. The number of carbonyl (C=O) groups is 1. The van der Waals surface area contributed by atoms with Gasteiger partial charge in [-0.3, -0.25) is 4.90 Å². The Bertz CT molecular complexity index is 928. The van der Waals surface area contributed by atoms with Crippen LogP contribution in [0.3, 0.4) is 0 Å². The highest BCUT2D eigenvalue weighted by atomic mass is 16.3. The molecule has 0 spiro atoms. The molecule has 1 atom stereocenters. The Morgan fingerprint density at radius 3 is 2.65 bits per heavy atom. The highest BCUT2D eigenvalue weighted by Gasteiger charge is 2.33. The van der Waals surface area contributed by atoms with Crippen molar-refractivity contribution in [2.75, 3.05) is 28.3 Å². The lowest BCUT2D eigenvalue weighted by Crippen LogP contribution is -2.49. The Morgan fingerprint density at radius 2 is 1.87 bits per heavy atom. The maximum Gasteiger partial charge on any atom is 0.323 e. The second-order valence-corrected chi connectivity index (χ2v) is 8.71. The van der Waals surface area contributed by atoms with Gasteiger partial charge in [-0.25, -0.2) is 9.78 Å². The molecule has 3 aliphatic rings. The van der Waals surface area contributed by atoms with Gasteiger partial charge in [-0.05, 0) is 56.4 Å². The first-order valence-corrected chi connectivity index (χ1v) is 11.4. The fraction of sp³-hybridized carbons (Fsp3) is 0.522. The van der Waals surface area contributed by atoms with E-state index in [-0.39, 0.29) is 24.7 Å². The summed E-state index contributed by atoms with van der Waals surface area (Å²) < 4.78 is 0. The highest BCUT2D eigenvalue weighted by Crippen LogP contribution is 2.32. The molecule has 5 rings (SSSR count). The first-order valence-electron chi connectivity index (χ1n) is 11.4. The van der Waals surface area contributed by atoms with E-state index in [0.29, 0.717) is 12.5 Å². The molecular formula is C23H30N6O2. The van der Waals surface area contributed by atoms with Crippen LogP contribution < -0.4 is 20.4 Å². The molecule has 3 heterocycles. The van der Waals surface area contributed by atoms with Crippen LogP contribution in [0.2, 0.25) is 0 Å². The Labute approximate surface area is 182 Å². The number of piperidine rings is 1. The highest BCUT2D eigenvalue weighted by molar-refractivity contribution is 5.94. The Hall–Kier alpha value is -2.87. The number of carbonyl (C=O) groups excluding carboxylic acids is 1. The van der Waals surface area contributed by atoms with E-state index < -0.39 is 0 Å². The van der Waals surface area contributed by atoms with Gasteiger partial charge in [0.2, 0.25) is 5.95 Å². The molecule has 3 N–H and O–H groups in total. The number of urea groups is 1. The van der Waals surface area contributed by atoms with Crippen LogP contribution in [-0.4, -0.2) is 46.3 Å². The fourth-order valence-electron chi connectivity index (χ4n) is 5.04. The van der Waals surface area contributed by atoms with Crippen molar-refractivity contribution >= 4 is 29.2 Å². The second kappa shape index (κ2) is 8.70. The molecule has 2 amide bonds. The molecule has 1 saturated heterocycles. The predicted molar refractivity (Wildman–Crippen MR) is 121 cm³/mol. The van der Waals surface area contributed by atoms with E-state index in [0.717, 1.165) is 67.8 Å². The van der Waals surface area contributed by atoms with Crippen molar-refractivity contribution in [1.82, 2.24) is 15.3 Å². The van der Waals surface area contributed by atoms with E-state index in [9.17, 15) is 9.90 Å². The number of rotatable bonds is 5. The van der Waals surface area contributed by atoms with Crippen molar-refractivity contribution in [3.05, 3.63) is 36.0 Å². The SMILES string of the molecule is O=C1NCc2cnc(Nc3ccc(N4CCCCC4CO)cc3)nc2N1C1CCCC1. The van der Waals surface area contributed by atoms with Crippen molar-refractivity contribution in [2.24, 2.45) is 0 Å². The van der Waals surface area contributed by atoms with Gasteiger partial charge in [0.1, 0.15) is 5.82 Å². The molecule has 0 bridgehead atoms. The van der Waals surface area contributed by atoms with Gasteiger partial charge in [-0.2, -0.15) is 4.98 Å². The fourth-order valence-corrected chi connectivity index (χ4v) is 5.04. The Balaban J connectivity index is 1.34. The summed E-state index contributed by atoms with van der Waals surface area (Å²) in [5, 5.41) is 15.9. The Morgan fingerprint density at radius 1 is 1.10 bits per heavy atom. The van der Waals surface area contributed by atoms with Crippen molar-refractivity contribution in [3.63, 3.8) is 0 Å². The average Bonchev–Trinajstić information content (AvgIpc) is 3.34. The predicted octanol–water partition coefficient (Wildman–Crippen LogP) is 3.54. The third-order valence-electron chi connectivity index (χ3n) is 6.70. The van der Waals surface area contributed by atoms with Crippen LogP contribution >= 0.6 is 0 Å². The molecule has 164 valence electrons. The molecule has 2 aliphatic heterocycles. The van der Waals surface area contributed by atoms with Gasteiger partial charge in [0.05, 0.1) is 12.6 Å². The molecule has 8 nitrogen and oxygen atoms in total. The standard InChI is InChI=1S/C23H30N6O2/c30-15-20-7-3-4-12-28(20)18-10-8-17(9-11-18)26-22-24-13-16-14-25-23(31)29(21(16)27-22)19-5-1-2-6-19/h8-11,13,19-20,30H,1-7,12,14-15H2,(H,25,31)(H,24,26,27). The van der Waals surface area contributed by atoms with E-state index in [1.807, 2.05) is 17.0 Å². The monoisotopic (exact) mass is 422 g/mol. The number of hydrogen-bond acceptors (Lipinski definition) is 6. The molecule has 1 aromatic carbocycles. The van der Waals surface area contributed by atoms with Gasteiger partial charge in [-0.15, -0.1) is 0 Å². The van der Waals surface area contributed by atoms with Gasteiger partial charge in [0.15, 0.2) is 0 Å². The van der Waals surface area contributed by atoms with Crippen molar-refractivity contribution in [1.29, 1.82) is 0 Å². The van der Waals surface area contributed by atoms with E-state index in [1.165, 1.54) is 6.42 Å². The summed E-state index contributed by atoms with van der Waals surface area (Å²) in [5.74, 6) is 1.22. The molecule has 8 heteroatoms. The maximum absolute atomic E-state index is 12.6. The topological polar surface area (TPSA) is 93.6 Å². The number of fused-ring (bicyclic) bond motifs is 1. The smallest absolute Gasteiger partial charge is 0.323 e. The van der Waals surface area contributed by atoms with Gasteiger partial charge in [0, 0.05) is 42.3 Å². The minimum atomic E-state index is -0.0617. The number of nitrogens with zero attached hydrogens (tertiary/aromatic N) is 4. The Kier molecular flexibility index (Phi) is 5.63. The summed E-state index contributed by atoms with van der Waals surface area (Å²) in [5.41, 5.74) is 2.97. The van der Waals surface area contributed by atoms with Crippen LogP contribution in [-0.2, 0) is 6.54 Å². The van der Waals surface area contributed by atoms with Crippen molar-refractivity contribution in [2.45, 2.75) is 63.6 Å². The van der Waals surface area contributed by atoms with Crippen LogP contribution in [0.25, 0.3) is 0 Å². The zero-order valence-corrected chi connectivity index (χ0v) is 17.8. The average molecular weight is 423 g/mol. The quantitative estimate of drug-likeness (QED) is 0.682. The summed E-state index contributed by atoms with van der Waals surface area (Å²) in [4.78, 5) is 25.9. The lowest BCUT2D eigenvalue weighted by Gasteiger charge is -2.36. The molecular weight excluding hydrogens is 392 g/mol. The summed E-state index contributed by atoms with van der Waals surface area (Å²) in [6.45, 7) is 1.63. The molecule has 2 fully saturated rings. The molecule has 1 unspecified atom stereocenters. The molecule has 0 radical (unpaired) electrons. The summed E-state index contributed by atoms with van der Waals surface area (Å²) in [6, 6.07) is 8.54. The van der Waals surface area contributed by atoms with Crippen LogP contribution in [0.4, 0.5) is 27.9 Å². The van der Waals surface area contributed by atoms with E-state index in [1.54, 1.807) is 6.20 Å². The van der Waals surface area contributed by atoms with Crippen molar-refractivity contribution < 1.29 is 9.90 Å². The molecule has 2 aromatic rings. The number of hydrogen-bond donors (Lipinski definition) is 3. The number of benzene rings is 1. The van der Waals surface area contributed by atoms with Crippen LogP contribution in [0.5, 0.6) is 0 Å². The first-order chi connectivity index (χ1) is 15.2. The first kappa shape index (κ1) is 20.1. The van der Waals surface area contributed by atoms with E-state index >= 15 is 0 Å². The minimum absolute atomic E-state index is 0.0617. The van der Waals surface area contributed by atoms with E-state index in [4.69, 9.17) is 4.98 Å². The number of aliphatic hydroxyl groups is 1. The third kappa shape index (κ3) is 4.04. The maximum atomic E-state index is 12.6. The molecule has 1 aliphatic carbocycles. The number of nitrogens with one attached hydrogen (secondary N) is 2. The van der Waals surface area contributed by atoms with Crippen LogP contribution in [0.15, 0.2) is 30.5 Å². The van der Waals surface area contributed by atoms with Gasteiger partial charge in [0.25, 0.3) is 0 Å². The molecule has 1 saturated carbocycles. The summed E-state index contributed by atoms with van der Waals surface area (Å²) in [6.07, 6.45) is 9.52. The number of anilines is 4. The molecule has 1 aromatic heterocycles. The van der Waals surface area contributed by atoms with E-state index in [2.05, 4.69) is 32.7 Å². The zero-order chi connectivity index (χ0) is 21.2. The zero-order valence-electron chi connectivity index (χ0n) is 17.8. The van der Waals surface area contributed by atoms with Crippen LogP contribution in [0, 0.1) is 0 Å². The minimum Gasteiger partial charge on any atom is -0.394 e. The number of amides is 2. The van der Waals surface area contributed by atoms with Gasteiger partial charge >= 0.3 is 6.03 Å². The summed E-state index contributed by atoms with van der Waals surface area (Å²) >= 11 is 0. The summed E-state index contributed by atoms with van der Waals surface area (Å²) in [7, 11) is 0. The third-order valence-corrected chi connectivity index (χ3v) is 6.70. The lowest BCUT2D eigenvalue weighted by atomic mass is 10.0. The lowest BCUT2D eigenvalue weighted by molar-refractivity contribution is 0.240. The second-order valence-electron chi connectivity index (χ2n) is 8.71. The number of aromatic nitrogens is 2. The van der Waals surface area contributed by atoms with Gasteiger partial charge < -0.3 is 20.6 Å². The van der Waals surface area contributed by atoms with Crippen LogP contribution in [0.1, 0.15) is 50.5 Å². The largest absolute Gasteiger partial charge is 0.394 e. The molecule has 31 heavy (non-hydrogen) atoms. The normalized spacial score (nSPS) is 21.7. The van der Waals surface area contributed by atoms with Crippen molar-refractivity contribution in [3.8, 4) is 0 Å².